The summed E-state index contributed by atoms with van der Waals surface area (Å²) in [4.78, 5) is 13.2. The van der Waals surface area contributed by atoms with Crippen LogP contribution in [0.5, 0.6) is 5.75 Å². The number of ether oxygens (including phenoxy) is 1. The lowest BCUT2D eigenvalue weighted by atomic mass is 10.0. The van der Waals surface area contributed by atoms with E-state index in [0.717, 1.165) is 17.0 Å². The smallest absolute Gasteiger partial charge is 0.240 e. The molecule has 1 amide bonds. The highest BCUT2D eigenvalue weighted by molar-refractivity contribution is 8.00. The molecule has 2 atom stereocenters. The molecule has 4 aromatic rings. The Kier molecular flexibility index (Phi) is 5.76. The van der Waals surface area contributed by atoms with Crippen molar-refractivity contribution in [3.05, 3.63) is 102 Å². The molecule has 2 heterocycles. The number of hydrogen-bond acceptors (Lipinski definition) is 6. The Morgan fingerprint density at radius 1 is 0.938 bits per heavy atom. The molecule has 0 aliphatic carbocycles. The maximum atomic E-state index is 13.2. The molecule has 32 heavy (non-hydrogen) atoms. The van der Waals surface area contributed by atoms with E-state index in [2.05, 4.69) is 20.9 Å². The van der Waals surface area contributed by atoms with Gasteiger partial charge in [-0.15, -0.1) is 10.2 Å². The van der Waals surface area contributed by atoms with Gasteiger partial charge >= 0.3 is 0 Å². The second-order valence-corrected chi connectivity index (χ2v) is 8.36. The van der Waals surface area contributed by atoms with E-state index in [0.29, 0.717) is 11.0 Å². The number of aromatic nitrogens is 3. The van der Waals surface area contributed by atoms with Gasteiger partial charge in [0.05, 0.1) is 6.04 Å². The predicted molar refractivity (Wildman–Crippen MR) is 124 cm³/mol. The normalized spacial score (nSPS) is 17.1. The average molecular weight is 444 g/mol. The molecule has 1 aromatic heterocycles. The van der Waals surface area contributed by atoms with Crippen LogP contribution in [0.25, 0.3) is 0 Å². The van der Waals surface area contributed by atoms with Crippen LogP contribution in [0.15, 0.2) is 96.2 Å². The molecule has 8 heteroatoms. The summed E-state index contributed by atoms with van der Waals surface area (Å²) in [5, 5.41) is 11.8. The minimum Gasteiger partial charge on any atom is -0.486 e. The number of anilines is 1. The molecule has 5 rings (SSSR count). The number of carbonyl (C=O) groups excluding carboxylic acids is 1. The molecule has 0 fully saturated rings. The first-order valence-corrected chi connectivity index (χ1v) is 11.1. The first-order chi connectivity index (χ1) is 15.8. The second kappa shape index (κ2) is 9.15. The van der Waals surface area contributed by atoms with Crippen molar-refractivity contribution in [2.24, 2.45) is 0 Å². The number of nitrogens with one attached hydrogen (secondary N) is 2. The first kappa shape index (κ1) is 20.1. The zero-order valence-electron chi connectivity index (χ0n) is 17.1. The molecule has 0 radical (unpaired) electrons. The number of hydrogen-bond donors (Lipinski definition) is 2. The predicted octanol–water partition coefficient (Wildman–Crippen LogP) is 4.25. The molecule has 0 spiro atoms. The number of para-hydroxylation sites is 2. The highest BCUT2D eigenvalue weighted by Crippen LogP contribution is 2.37. The molecule has 0 saturated carbocycles. The lowest BCUT2D eigenvalue weighted by molar-refractivity contribution is -0.116. The summed E-state index contributed by atoms with van der Waals surface area (Å²) < 4.78 is 7.68. The molecule has 2 N–H and O–H groups in total. The molecule has 0 saturated heterocycles. The molecule has 0 bridgehead atoms. The van der Waals surface area contributed by atoms with Gasteiger partial charge in [-0.3, -0.25) is 4.79 Å². The first-order valence-electron chi connectivity index (χ1n) is 10.2. The van der Waals surface area contributed by atoms with E-state index in [1.807, 2.05) is 95.7 Å². The SMILES string of the molecule is O=C(Nc1ccccc1)[C@H]1Sc2nnc(COc3ccccc3)n2N[C@H]1c1ccccc1. The van der Waals surface area contributed by atoms with Crippen LogP contribution >= 0.6 is 11.8 Å². The van der Waals surface area contributed by atoms with Crippen LogP contribution in [-0.2, 0) is 11.4 Å². The summed E-state index contributed by atoms with van der Waals surface area (Å²) in [6, 6.07) is 28.7. The van der Waals surface area contributed by atoms with Gasteiger partial charge in [0.1, 0.15) is 17.6 Å². The number of rotatable bonds is 6. The van der Waals surface area contributed by atoms with Crippen LogP contribution in [0, 0.1) is 0 Å². The van der Waals surface area contributed by atoms with Crippen LogP contribution in [-0.4, -0.2) is 26.0 Å². The molecule has 0 unspecified atom stereocenters. The van der Waals surface area contributed by atoms with Crippen molar-refractivity contribution < 1.29 is 9.53 Å². The average Bonchev–Trinajstić information content (AvgIpc) is 3.26. The number of nitrogens with zero attached hydrogens (tertiary/aromatic N) is 3. The van der Waals surface area contributed by atoms with Gasteiger partial charge in [-0.25, -0.2) is 4.68 Å². The van der Waals surface area contributed by atoms with Gasteiger partial charge in [-0.05, 0) is 29.8 Å². The maximum absolute atomic E-state index is 13.2. The van der Waals surface area contributed by atoms with Crippen molar-refractivity contribution in [2.75, 3.05) is 10.7 Å². The minimum absolute atomic E-state index is 0.0983. The van der Waals surface area contributed by atoms with E-state index < -0.39 is 5.25 Å². The largest absolute Gasteiger partial charge is 0.486 e. The van der Waals surface area contributed by atoms with E-state index in [1.54, 1.807) is 0 Å². The summed E-state index contributed by atoms with van der Waals surface area (Å²) >= 11 is 1.39. The van der Waals surface area contributed by atoms with E-state index in [1.165, 1.54) is 11.8 Å². The minimum atomic E-state index is -0.433. The number of benzene rings is 3. The summed E-state index contributed by atoms with van der Waals surface area (Å²) in [6.07, 6.45) is 0. The van der Waals surface area contributed by atoms with Crippen LogP contribution in [0.2, 0.25) is 0 Å². The van der Waals surface area contributed by atoms with Crippen molar-refractivity contribution >= 4 is 23.4 Å². The second-order valence-electron chi connectivity index (χ2n) is 7.25. The summed E-state index contributed by atoms with van der Waals surface area (Å²) in [7, 11) is 0. The fraction of sp³-hybridized carbons (Fsp3) is 0.125. The van der Waals surface area contributed by atoms with E-state index in [-0.39, 0.29) is 18.6 Å². The summed E-state index contributed by atoms with van der Waals surface area (Å²) in [6.45, 7) is 0.257. The Bertz CT molecular complexity index is 1190. The number of amides is 1. The molecular formula is C24H21N5O2S. The van der Waals surface area contributed by atoms with Crippen LogP contribution in [0.4, 0.5) is 5.69 Å². The van der Waals surface area contributed by atoms with Crippen molar-refractivity contribution in [3.63, 3.8) is 0 Å². The monoisotopic (exact) mass is 443 g/mol. The Hall–Kier alpha value is -3.78. The van der Waals surface area contributed by atoms with Crippen molar-refractivity contribution in [1.82, 2.24) is 14.9 Å². The number of fused-ring (bicyclic) bond motifs is 1. The molecule has 7 nitrogen and oxygen atoms in total. The topological polar surface area (TPSA) is 81.1 Å². The number of thioether (sulfide) groups is 1. The van der Waals surface area contributed by atoms with E-state index in [9.17, 15) is 4.79 Å². The summed E-state index contributed by atoms with van der Waals surface area (Å²) in [5.74, 6) is 1.30. The van der Waals surface area contributed by atoms with Gasteiger partial charge < -0.3 is 15.5 Å². The molecule has 3 aromatic carbocycles. The highest BCUT2D eigenvalue weighted by Gasteiger charge is 2.37. The summed E-state index contributed by atoms with van der Waals surface area (Å²) in [5.41, 5.74) is 5.21. The van der Waals surface area contributed by atoms with Crippen molar-refractivity contribution in [2.45, 2.75) is 23.1 Å². The van der Waals surface area contributed by atoms with Crippen LogP contribution < -0.4 is 15.5 Å². The van der Waals surface area contributed by atoms with Gasteiger partial charge in [-0.1, -0.05) is 78.5 Å². The van der Waals surface area contributed by atoms with Crippen LogP contribution in [0.1, 0.15) is 17.4 Å². The quantitative estimate of drug-likeness (QED) is 0.464. The Labute approximate surface area is 189 Å². The molecular weight excluding hydrogens is 422 g/mol. The molecule has 1 aliphatic heterocycles. The van der Waals surface area contributed by atoms with Gasteiger partial charge in [0.15, 0.2) is 5.82 Å². The molecule has 160 valence electrons. The van der Waals surface area contributed by atoms with Gasteiger partial charge in [-0.2, -0.15) is 0 Å². The van der Waals surface area contributed by atoms with Gasteiger partial charge in [0.2, 0.25) is 11.1 Å². The Morgan fingerprint density at radius 3 is 2.31 bits per heavy atom. The zero-order chi connectivity index (χ0) is 21.8. The lowest BCUT2D eigenvalue weighted by Gasteiger charge is -2.33. The Balaban J connectivity index is 1.41. The number of carbonyl (C=O) groups is 1. The van der Waals surface area contributed by atoms with E-state index >= 15 is 0 Å². The van der Waals surface area contributed by atoms with Gasteiger partial charge in [0.25, 0.3) is 0 Å². The Morgan fingerprint density at radius 2 is 1.59 bits per heavy atom. The maximum Gasteiger partial charge on any atom is 0.240 e. The third kappa shape index (κ3) is 4.31. The third-order valence-electron chi connectivity index (χ3n) is 5.07. The fourth-order valence-electron chi connectivity index (χ4n) is 3.50. The highest BCUT2D eigenvalue weighted by atomic mass is 32.2. The van der Waals surface area contributed by atoms with Crippen molar-refractivity contribution in [1.29, 1.82) is 0 Å². The lowest BCUT2D eigenvalue weighted by Crippen LogP contribution is -2.41. The van der Waals surface area contributed by atoms with Crippen molar-refractivity contribution in [3.8, 4) is 5.75 Å². The van der Waals surface area contributed by atoms with E-state index in [4.69, 9.17) is 4.74 Å². The zero-order valence-corrected chi connectivity index (χ0v) is 17.9. The standard InChI is InChI=1S/C24H21N5O2S/c30-23(25-18-12-6-2-7-13-18)22-21(17-10-4-1-5-11-17)28-29-20(26-27-24(29)32-22)16-31-19-14-8-3-9-15-19/h1-15,21-22,28H,16H2,(H,25,30)/t21-,22-/m0/s1. The third-order valence-corrected chi connectivity index (χ3v) is 6.29. The fourth-order valence-corrected chi connectivity index (χ4v) is 4.60. The van der Waals surface area contributed by atoms with Gasteiger partial charge in [0, 0.05) is 5.69 Å². The van der Waals surface area contributed by atoms with Crippen LogP contribution in [0.3, 0.4) is 0 Å². The molecule has 1 aliphatic rings.